The molecule has 130 valence electrons. The van der Waals surface area contributed by atoms with Gasteiger partial charge in [0, 0.05) is 12.5 Å². The molecule has 4 rings (SSSR count). The Morgan fingerprint density at radius 2 is 2.12 bits per heavy atom. The van der Waals surface area contributed by atoms with Crippen LogP contribution in [0.1, 0.15) is 43.2 Å². The zero-order valence-electron chi connectivity index (χ0n) is 14.7. The number of aryl methyl sites for hydroxylation is 2. The molecular weight excluding hydrogens is 314 g/mol. The molecular formula is C20H23N3O2. The lowest BCUT2D eigenvalue weighted by atomic mass is 9.95. The summed E-state index contributed by atoms with van der Waals surface area (Å²) in [6.45, 7) is 3.85. The summed E-state index contributed by atoms with van der Waals surface area (Å²) < 4.78 is 5.28. The molecule has 0 unspecified atom stereocenters. The fourth-order valence-corrected chi connectivity index (χ4v) is 4.00. The zero-order valence-corrected chi connectivity index (χ0v) is 14.7. The van der Waals surface area contributed by atoms with Crippen molar-refractivity contribution in [3.63, 3.8) is 0 Å². The van der Waals surface area contributed by atoms with E-state index in [1.807, 2.05) is 24.8 Å². The third-order valence-corrected chi connectivity index (χ3v) is 5.26. The first-order valence-electron chi connectivity index (χ1n) is 8.98. The third-order valence-electron chi connectivity index (χ3n) is 5.26. The standard InChI is InChI=1S/C20H23N3O2/c1-3-18-19(13(2)22-25-18)21-20(24)23-16-9-10-17(23)12-15(11-16)14-7-5-4-6-8-14/h4-8,11,16-17H,3,9-10,12H2,1-2H3,(H,21,24)/t16-,17-/m1/s1. The van der Waals surface area contributed by atoms with E-state index in [2.05, 4.69) is 40.8 Å². The van der Waals surface area contributed by atoms with Crippen LogP contribution in [0.3, 0.4) is 0 Å². The van der Waals surface area contributed by atoms with Gasteiger partial charge in [0.05, 0.1) is 6.04 Å². The predicted octanol–water partition coefficient (Wildman–Crippen LogP) is 4.40. The van der Waals surface area contributed by atoms with E-state index in [0.29, 0.717) is 6.42 Å². The maximum Gasteiger partial charge on any atom is 0.322 e. The van der Waals surface area contributed by atoms with Crippen molar-refractivity contribution in [3.05, 3.63) is 53.4 Å². The van der Waals surface area contributed by atoms with Crippen LogP contribution in [0.15, 0.2) is 40.9 Å². The highest BCUT2D eigenvalue weighted by Gasteiger charge is 2.40. The molecule has 0 radical (unpaired) electrons. The Morgan fingerprint density at radius 1 is 1.32 bits per heavy atom. The average Bonchev–Trinajstić information content (AvgIpc) is 3.12. The summed E-state index contributed by atoms with van der Waals surface area (Å²) in [6, 6.07) is 10.8. The summed E-state index contributed by atoms with van der Waals surface area (Å²) in [6.07, 6.45) is 5.96. The molecule has 3 heterocycles. The van der Waals surface area contributed by atoms with Crippen LogP contribution in [0.4, 0.5) is 10.5 Å². The number of hydrogen-bond donors (Lipinski definition) is 1. The van der Waals surface area contributed by atoms with Crippen LogP contribution in [0.2, 0.25) is 0 Å². The highest BCUT2D eigenvalue weighted by atomic mass is 16.5. The second-order valence-electron chi connectivity index (χ2n) is 6.82. The van der Waals surface area contributed by atoms with Crippen molar-refractivity contribution in [1.29, 1.82) is 0 Å². The lowest BCUT2D eigenvalue weighted by Gasteiger charge is -2.34. The Bertz CT molecular complexity index is 810. The fraction of sp³-hybridized carbons (Fsp3) is 0.400. The van der Waals surface area contributed by atoms with E-state index in [9.17, 15) is 4.79 Å². The number of amides is 2. The van der Waals surface area contributed by atoms with Gasteiger partial charge in [0.2, 0.25) is 0 Å². The number of fused-ring (bicyclic) bond motifs is 2. The number of carbonyl (C=O) groups is 1. The number of rotatable bonds is 3. The van der Waals surface area contributed by atoms with Crippen LogP contribution in [-0.4, -0.2) is 28.2 Å². The molecule has 1 aromatic carbocycles. The number of carbonyl (C=O) groups excluding carboxylic acids is 1. The largest absolute Gasteiger partial charge is 0.359 e. The first-order valence-corrected chi connectivity index (χ1v) is 8.98. The van der Waals surface area contributed by atoms with Gasteiger partial charge in [-0.15, -0.1) is 0 Å². The van der Waals surface area contributed by atoms with E-state index in [-0.39, 0.29) is 18.1 Å². The van der Waals surface area contributed by atoms with Gasteiger partial charge in [0.15, 0.2) is 5.76 Å². The minimum atomic E-state index is -0.0446. The Morgan fingerprint density at radius 3 is 2.84 bits per heavy atom. The molecule has 2 atom stereocenters. The van der Waals surface area contributed by atoms with E-state index >= 15 is 0 Å². The van der Waals surface area contributed by atoms with Crippen LogP contribution in [-0.2, 0) is 6.42 Å². The Labute approximate surface area is 147 Å². The maximum absolute atomic E-state index is 12.9. The molecule has 5 heteroatoms. The summed E-state index contributed by atoms with van der Waals surface area (Å²) >= 11 is 0. The van der Waals surface area contributed by atoms with E-state index < -0.39 is 0 Å². The third kappa shape index (κ3) is 2.84. The van der Waals surface area contributed by atoms with Gasteiger partial charge in [-0.3, -0.25) is 0 Å². The number of nitrogens with zero attached hydrogens (tertiary/aromatic N) is 2. The van der Waals surface area contributed by atoms with Crippen molar-refractivity contribution in [2.75, 3.05) is 5.32 Å². The van der Waals surface area contributed by atoms with Gasteiger partial charge in [-0.1, -0.05) is 48.5 Å². The smallest absolute Gasteiger partial charge is 0.322 e. The molecule has 2 aliphatic rings. The molecule has 2 aromatic rings. The normalized spacial score (nSPS) is 22.0. The lowest BCUT2D eigenvalue weighted by Crippen LogP contribution is -2.45. The first-order chi connectivity index (χ1) is 12.2. The Balaban J connectivity index is 1.55. The summed E-state index contributed by atoms with van der Waals surface area (Å²) in [5.41, 5.74) is 4.08. The number of nitrogens with one attached hydrogen (secondary N) is 1. The molecule has 25 heavy (non-hydrogen) atoms. The molecule has 0 spiro atoms. The maximum atomic E-state index is 12.9. The molecule has 0 aliphatic carbocycles. The molecule has 2 bridgehead atoms. The Hall–Kier alpha value is -2.56. The quantitative estimate of drug-likeness (QED) is 0.903. The zero-order chi connectivity index (χ0) is 17.4. The van der Waals surface area contributed by atoms with Gasteiger partial charge in [0.25, 0.3) is 0 Å². The first kappa shape index (κ1) is 15.9. The van der Waals surface area contributed by atoms with Crippen LogP contribution in [0.25, 0.3) is 5.57 Å². The summed E-state index contributed by atoms with van der Waals surface area (Å²) in [5.74, 6) is 0.732. The molecule has 0 saturated carbocycles. The van der Waals surface area contributed by atoms with Crippen molar-refractivity contribution in [1.82, 2.24) is 10.1 Å². The number of benzene rings is 1. The number of anilines is 1. The molecule has 2 aliphatic heterocycles. The minimum absolute atomic E-state index is 0.0446. The summed E-state index contributed by atoms with van der Waals surface area (Å²) in [7, 11) is 0. The molecule has 5 nitrogen and oxygen atoms in total. The van der Waals surface area contributed by atoms with Crippen molar-refractivity contribution in [3.8, 4) is 0 Å². The molecule has 1 aromatic heterocycles. The SMILES string of the molecule is CCc1onc(C)c1NC(=O)N1[C@@H]2CC[C@@H]1C=C(c1ccccc1)C2. The van der Waals surface area contributed by atoms with E-state index in [4.69, 9.17) is 4.52 Å². The molecule has 1 fully saturated rings. The summed E-state index contributed by atoms with van der Waals surface area (Å²) in [5, 5.41) is 7.01. The van der Waals surface area contributed by atoms with Crippen molar-refractivity contribution >= 4 is 17.3 Å². The summed E-state index contributed by atoms with van der Waals surface area (Å²) in [4.78, 5) is 14.9. The molecule has 1 N–H and O–H groups in total. The highest BCUT2D eigenvalue weighted by molar-refractivity contribution is 5.92. The van der Waals surface area contributed by atoms with Crippen molar-refractivity contribution in [2.45, 2.75) is 51.6 Å². The van der Waals surface area contributed by atoms with Gasteiger partial charge in [-0.2, -0.15) is 0 Å². The topological polar surface area (TPSA) is 58.4 Å². The van der Waals surface area contributed by atoms with E-state index in [1.54, 1.807) is 0 Å². The van der Waals surface area contributed by atoms with Gasteiger partial charge in [-0.05, 0) is 37.3 Å². The average molecular weight is 337 g/mol. The van der Waals surface area contributed by atoms with Crippen molar-refractivity contribution < 1.29 is 9.32 Å². The number of aromatic nitrogens is 1. The fourth-order valence-electron chi connectivity index (χ4n) is 4.00. The van der Waals surface area contributed by atoms with Crippen LogP contribution < -0.4 is 5.32 Å². The van der Waals surface area contributed by atoms with Gasteiger partial charge < -0.3 is 14.7 Å². The molecule has 1 saturated heterocycles. The van der Waals surface area contributed by atoms with Crippen LogP contribution in [0, 0.1) is 6.92 Å². The van der Waals surface area contributed by atoms with E-state index in [1.165, 1.54) is 11.1 Å². The molecule has 2 amide bonds. The predicted molar refractivity (Wildman–Crippen MR) is 97.3 cm³/mol. The second-order valence-corrected chi connectivity index (χ2v) is 6.82. The number of urea groups is 1. The second kappa shape index (κ2) is 6.39. The van der Waals surface area contributed by atoms with Crippen molar-refractivity contribution in [2.24, 2.45) is 0 Å². The van der Waals surface area contributed by atoms with Gasteiger partial charge in [0.1, 0.15) is 11.4 Å². The van der Waals surface area contributed by atoms with Gasteiger partial charge >= 0.3 is 6.03 Å². The number of hydrogen-bond acceptors (Lipinski definition) is 3. The van der Waals surface area contributed by atoms with Gasteiger partial charge in [-0.25, -0.2) is 4.79 Å². The van der Waals surface area contributed by atoms with Crippen LogP contribution in [0.5, 0.6) is 0 Å². The highest BCUT2D eigenvalue weighted by Crippen LogP contribution is 2.39. The lowest BCUT2D eigenvalue weighted by molar-refractivity contribution is 0.193. The van der Waals surface area contributed by atoms with E-state index in [0.717, 1.165) is 36.4 Å². The minimum Gasteiger partial charge on any atom is -0.359 e. The monoisotopic (exact) mass is 337 g/mol. The van der Waals surface area contributed by atoms with Crippen LogP contribution >= 0.6 is 0 Å². The Kier molecular flexibility index (Phi) is 4.07.